The minimum Gasteiger partial charge on any atom is -0.383 e. The number of halogens is 1. The molecule has 0 radical (unpaired) electrons. The van der Waals surface area contributed by atoms with Gasteiger partial charge in [-0.15, -0.1) is 0 Å². The van der Waals surface area contributed by atoms with Crippen LogP contribution in [0.3, 0.4) is 0 Å². The summed E-state index contributed by atoms with van der Waals surface area (Å²) in [6, 6.07) is 6.35. The van der Waals surface area contributed by atoms with E-state index in [1.54, 1.807) is 25.3 Å². The molecule has 94 valence electrons. The lowest BCUT2D eigenvalue weighted by Crippen LogP contribution is -2.15. The van der Waals surface area contributed by atoms with Crippen molar-refractivity contribution in [2.24, 2.45) is 5.73 Å². The molecule has 0 fully saturated rings. The lowest BCUT2D eigenvalue weighted by molar-refractivity contribution is 0.617. The second-order valence-corrected chi connectivity index (χ2v) is 4.47. The summed E-state index contributed by atoms with van der Waals surface area (Å²) in [7, 11) is 0. The average Bonchev–Trinajstić information content (AvgIpc) is 2.35. The third-order valence-corrected chi connectivity index (χ3v) is 2.96. The molecule has 4 heteroatoms. The molecule has 18 heavy (non-hydrogen) atoms. The van der Waals surface area contributed by atoms with Crippen molar-refractivity contribution >= 4 is 5.82 Å². The van der Waals surface area contributed by atoms with Gasteiger partial charge in [-0.25, -0.2) is 9.37 Å². The standard InChI is InChI=1S/C14H16FN3/c1-8-5-11(14(17)18-7-8)13(16)10-3-4-12(15)9(2)6-10/h3-7,13H,16H2,1-2H3,(H2,17,18). The van der Waals surface area contributed by atoms with Crippen LogP contribution in [0.25, 0.3) is 0 Å². The summed E-state index contributed by atoms with van der Waals surface area (Å²) in [6.07, 6.45) is 1.70. The molecule has 0 amide bonds. The number of nitrogens with two attached hydrogens (primary N) is 2. The lowest BCUT2D eigenvalue weighted by atomic mass is 9.97. The van der Waals surface area contributed by atoms with Crippen molar-refractivity contribution in [1.29, 1.82) is 0 Å². The van der Waals surface area contributed by atoms with E-state index in [-0.39, 0.29) is 5.82 Å². The van der Waals surface area contributed by atoms with Crippen molar-refractivity contribution in [1.82, 2.24) is 4.98 Å². The zero-order valence-electron chi connectivity index (χ0n) is 10.4. The first kappa shape index (κ1) is 12.5. The van der Waals surface area contributed by atoms with Crippen LogP contribution < -0.4 is 11.5 Å². The van der Waals surface area contributed by atoms with Gasteiger partial charge in [0, 0.05) is 11.8 Å². The maximum Gasteiger partial charge on any atom is 0.128 e. The first-order valence-electron chi connectivity index (χ1n) is 5.72. The number of benzene rings is 1. The fourth-order valence-corrected chi connectivity index (χ4v) is 1.89. The molecule has 0 saturated heterocycles. The van der Waals surface area contributed by atoms with Gasteiger partial charge in [-0.05, 0) is 42.7 Å². The smallest absolute Gasteiger partial charge is 0.128 e. The zero-order chi connectivity index (χ0) is 13.3. The number of nitrogens with zero attached hydrogens (tertiary/aromatic N) is 1. The Morgan fingerprint density at radius 3 is 2.61 bits per heavy atom. The molecule has 1 heterocycles. The number of pyridine rings is 1. The molecular formula is C14H16FN3. The van der Waals surface area contributed by atoms with Gasteiger partial charge in [-0.2, -0.15) is 0 Å². The summed E-state index contributed by atoms with van der Waals surface area (Å²) in [5.41, 5.74) is 15.2. The van der Waals surface area contributed by atoms with Crippen molar-refractivity contribution in [3.05, 3.63) is 58.5 Å². The van der Waals surface area contributed by atoms with Gasteiger partial charge in [0.15, 0.2) is 0 Å². The summed E-state index contributed by atoms with van der Waals surface area (Å²) in [4.78, 5) is 4.09. The van der Waals surface area contributed by atoms with Crippen LogP contribution in [0.15, 0.2) is 30.5 Å². The van der Waals surface area contributed by atoms with Gasteiger partial charge in [0.1, 0.15) is 11.6 Å². The minimum atomic E-state index is -0.392. The van der Waals surface area contributed by atoms with Gasteiger partial charge in [0.2, 0.25) is 0 Å². The minimum absolute atomic E-state index is 0.235. The third-order valence-electron chi connectivity index (χ3n) is 2.96. The molecular weight excluding hydrogens is 229 g/mol. The molecule has 1 aromatic heterocycles. The summed E-state index contributed by atoms with van der Waals surface area (Å²) >= 11 is 0. The summed E-state index contributed by atoms with van der Waals surface area (Å²) in [5, 5.41) is 0. The van der Waals surface area contributed by atoms with Crippen LogP contribution in [0.1, 0.15) is 28.3 Å². The Morgan fingerprint density at radius 1 is 1.22 bits per heavy atom. The van der Waals surface area contributed by atoms with Crippen molar-refractivity contribution < 1.29 is 4.39 Å². The normalized spacial score (nSPS) is 12.4. The maximum absolute atomic E-state index is 13.2. The molecule has 0 saturated carbocycles. The number of hydrogen-bond acceptors (Lipinski definition) is 3. The van der Waals surface area contributed by atoms with E-state index >= 15 is 0 Å². The van der Waals surface area contributed by atoms with E-state index in [9.17, 15) is 4.39 Å². The molecule has 0 aliphatic heterocycles. The van der Waals surface area contributed by atoms with Crippen molar-refractivity contribution in [3.8, 4) is 0 Å². The fourth-order valence-electron chi connectivity index (χ4n) is 1.89. The van der Waals surface area contributed by atoms with Crippen LogP contribution in [-0.4, -0.2) is 4.98 Å². The quantitative estimate of drug-likeness (QED) is 0.854. The van der Waals surface area contributed by atoms with Gasteiger partial charge in [0.25, 0.3) is 0 Å². The summed E-state index contributed by atoms with van der Waals surface area (Å²) in [6.45, 7) is 3.64. The number of aromatic nitrogens is 1. The van der Waals surface area contributed by atoms with E-state index in [1.165, 1.54) is 6.07 Å². The molecule has 3 nitrogen and oxygen atoms in total. The van der Waals surface area contributed by atoms with Crippen LogP contribution in [0, 0.1) is 19.7 Å². The highest BCUT2D eigenvalue weighted by molar-refractivity contribution is 5.47. The first-order valence-corrected chi connectivity index (χ1v) is 5.72. The van der Waals surface area contributed by atoms with E-state index in [2.05, 4.69) is 4.98 Å². The molecule has 1 unspecified atom stereocenters. The van der Waals surface area contributed by atoms with Gasteiger partial charge in [-0.3, -0.25) is 0 Å². The Labute approximate surface area is 106 Å². The van der Waals surface area contributed by atoms with Crippen LogP contribution >= 0.6 is 0 Å². The van der Waals surface area contributed by atoms with Crippen molar-refractivity contribution in [2.75, 3.05) is 5.73 Å². The molecule has 4 N–H and O–H groups in total. The summed E-state index contributed by atoms with van der Waals surface area (Å²) < 4.78 is 13.2. The number of rotatable bonds is 2. The van der Waals surface area contributed by atoms with E-state index in [0.29, 0.717) is 11.4 Å². The fraction of sp³-hybridized carbons (Fsp3) is 0.214. The van der Waals surface area contributed by atoms with Crippen LogP contribution in [-0.2, 0) is 0 Å². The highest BCUT2D eigenvalue weighted by Crippen LogP contribution is 2.25. The Morgan fingerprint density at radius 2 is 1.94 bits per heavy atom. The molecule has 1 aromatic carbocycles. The molecule has 2 rings (SSSR count). The van der Waals surface area contributed by atoms with Crippen molar-refractivity contribution in [2.45, 2.75) is 19.9 Å². The Balaban J connectivity index is 2.44. The monoisotopic (exact) mass is 245 g/mol. The van der Waals surface area contributed by atoms with E-state index in [0.717, 1.165) is 16.7 Å². The van der Waals surface area contributed by atoms with Gasteiger partial charge in [0.05, 0.1) is 6.04 Å². The predicted molar refractivity (Wildman–Crippen MR) is 70.6 cm³/mol. The Kier molecular flexibility index (Phi) is 3.30. The van der Waals surface area contributed by atoms with Gasteiger partial charge in [-0.1, -0.05) is 12.1 Å². The number of aryl methyl sites for hydroxylation is 2. The van der Waals surface area contributed by atoms with Gasteiger partial charge < -0.3 is 11.5 Å². The highest BCUT2D eigenvalue weighted by Gasteiger charge is 2.14. The molecule has 0 aliphatic rings. The second-order valence-electron chi connectivity index (χ2n) is 4.47. The molecule has 1 atom stereocenters. The largest absolute Gasteiger partial charge is 0.383 e. The van der Waals surface area contributed by atoms with Crippen molar-refractivity contribution in [3.63, 3.8) is 0 Å². The molecule has 2 aromatic rings. The predicted octanol–water partition coefficient (Wildman–Crippen LogP) is 2.47. The average molecular weight is 245 g/mol. The number of hydrogen-bond donors (Lipinski definition) is 2. The van der Waals surface area contributed by atoms with E-state index in [4.69, 9.17) is 11.5 Å². The van der Waals surface area contributed by atoms with E-state index < -0.39 is 6.04 Å². The SMILES string of the molecule is Cc1cnc(N)c(C(N)c2ccc(F)c(C)c2)c1. The van der Waals surface area contributed by atoms with Gasteiger partial charge >= 0.3 is 0 Å². The first-order chi connectivity index (χ1) is 8.49. The molecule has 0 spiro atoms. The van der Waals surface area contributed by atoms with Crippen LogP contribution in [0.2, 0.25) is 0 Å². The Bertz CT molecular complexity index is 581. The number of nitrogen functional groups attached to an aromatic ring is 1. The lowest BCUT2D eigenvalue weighted by Gasteiger charge is -2.15. The summed E-state index contributed by atoms with van der Waals surface area (Å²) in [5.74, 6) is 0.177. The van der Waals surface area contributed by atoms with Crippen LogP contribution in [0.5, 0.6) is 0 Å². The maximum atomic E-state index is 13.2. The second kappa shape index (κ2) is 4.74. The topological polar surface area (TPSA) is 64.9 Å². The molecule has 0 aliphatic carbocycles. The van der Waals surface area contributed by atoms with Crippen LogP contribution in [0.4, 0.5) is 10.2 Å². The highest BCUT2D eigenvalue weighted by atomic mass is 19.1. The third kappa shape index (κ3) is 2.33. The zero-order valence-corrected chi connectivity index (χ0v) is 10.4. The molecule has 0 bridgehead atoms. The van der Waals surface area contributed by atoms with E-state index in [1.807, 2.05) is 13.0 Å². The number of anilines is 1. The Hall–Kier alpha value is -1.94.